The van der Waals surface area contributed by atoms with Crippen LogP contribution in [-0.4, -0.2) is 19.9 Å². The molecule has 5 rings (SSSR count). The number of ketones is 1. The van der Waals surface area contributed by atoms with Crippen molar-refractivity contribution in [3.8, 4) is 0 Å². The smallest absolute Gasteiger partial charge is 0.163 e. The number of aryl methyl sites for hydroxylation is 1. The van der Waals surface area contributed by atoms with E-state index < -0.39 is 0 Å². The second-order valence-electron chi connectivity index (χ2n) is 9.07. The molecule has 2 atom stereocenters. The minimum absolute atomic E-state index is 0.161. The molecule has 0 fully saturated rings. The highest BCUT2D eigenvalue weighted by molar-refractivity contribution is 6.01. The van der Waals surface area contributed by atoms with Crippen LogP contribution >= 0.6 is 0 Å². The highest BCUT2D eigenvalue weighted by Crippen LogP contribution is 2.44. The van der Waals surface area contributed by atoms with Crippen LogP contribution < -0.4 is 15.5 Å². The zero-order valence-electron chi connectivity index (χ0n) is 18.9. The van der Waals surface area contributed by atoms with E-state index in [1.165, 1.54) is 16.8 Å². The van der Waals surface area contributed by atoms with Crippen molar-refractivity contribution in [3.63, 3.8) is 0 Å². The van der Waals surface area contributed by atoms with Crippen LogP contribution in [0.15, 0.2) is 84.1 Å². The third kappa shape index (κ3) is 3.77. The van der Waals surface area contributed by atoms with Gasteiger partial charge in [-0.05, 0) is 54.7 Å². The van der Waals surface area contributed by atoms with Gasteiger partial charge < -0.3 is 15.5 Å². The summed E-state index contributed by atoms with van der Waals surface area (Å²) in [7, 11) is 4.09. The average molecular weight is 424 g/mol. The molecule has 3 aromatic carbocycles. The van der Waals surface area contributed by atoms with E-state index in [0.717, 1.165) is 34.6 Å². The maximum absolute atomic E-state index is 13.6. The number of allylic oxidation sites excluding steroid dienone is 1. The van der Waals surface area contributed by atoms with E-state index in [-0.39, 0.29) is 17.7 Å². The quantitative estimate of drug-likeness (QED) is 0.539. The van der Waals surface area contributed by atoms with Crippen molar-refractivity contribution in [1.29, 1.82) is 0 Å². The molecule has 0 spiro atoms. The van der Waals surface area contributed by atoms with Crippen molar-refractivity contribution >= 4 is 22.8 Å². The van der Waals surface area contributed by atoms with Gasteiger partial charge in [0.05, 0.1) is 17.4 Å². The second-order valence-corrected chi connectivity index (χ2v) is 9.07. The molecule has 32 heavy (non-hydrogen) atoms. The van der Waals surface area contributed by atoms with Crippen LogP contribution in [0.2, 0.25) is 0 Å². The highest BCUT2D eigenvalue weighted by atomic mass is 16.1. The van der Waals surface area contributed by atoms with Crippen molar-refractivity contribution in [2.75, 3.05) is 29.6 Å². The van der Waals surface area contributed by atoms with Crippen molar-refractivity contribution < 1.29 is 4.79 Å². The summed E-state index contributed by atoms with van der Waals surface area (Å²) in [5.74, 6) is 0.389. The summed E-state index contributed by atoms with van der Waals surface area (Å²) in [6.07, 6.45) is 1.35. The van der Waals surface area contributed by atoms with E-state index >= 15 is 0 Å². The maximum Gasteiger partial charge on any atom is 0.163 e. The van der Waals surface area contributed by atoms with E-state index in [1.54, 1.807) is 0 Å². The van der Waals surface area contributed by atoms with Crippen LogP contribution in [0, 0.1) is 6.92 Å². The van der Waals surface area contributed by atoms with Gasteiger partial charge in [-0.3, -0.25) is 4.79 Å². The van der Waals surface area contributed by atoms with Gasteiger partial charge >= 0.3 is 0 Å². The minimum atomic E-state index is -0.161. The first kappa shape index (κ1) is 20.4. The number of anilines is 3. The normalized spacial score (nSPS) is 19.9. The molecule has 2 N–H and O–H groups in total. The lowest BCUT2D eigenvalue weighted by Gasteiger charge is -2.30. The zero-order valence-corrected chi connectivity index (χ0v) is 18.9. The summed E-state index contributed by atoms with van der Waals surface area (Å²) in [5.41, 5.74) is 8.65. The molecule has 162 valence electrons. The van der Waals surface area contributed by atoms with E-state index in [0.29, 0.717) is 6.42 Å². The largest absolute Gasteiger partial charge is 0.378 e. The summed E-state index contributed by atoms with van der Waals surface area (Å²) in [5, 5.41) is 7.28. The van der Waals surface area contributed by atoms with E-state index in [1.807, 2.05) is 26.2 Å². The first-order chi connectivity index (χ1) is 15.5. The lowest BCUT2D eigenvalue weighted by Crippen LogP contribution is -2.27. The van der Waals surface area contributed by atoms with E-state index in [2.05, 4.69) is 83.1 Å². The fourth-order valence-corrected chi connectivity index (χ4v) is 4.87. The van der Waals surface area contributed by atoms with Gasteiger partial charge in [0, 0.05) is 37.5 Å². The molecule has 4 nitrogen and oxygen atoms in total. The lowest BCUT2D eigenvalue weighted by atomic mass is 9.78. The topological polar surface area (TPSA) is 44.4 Å². The van der Waals surface area contributed by atoms with Gasteiger partial charge in [0.15, 0.2) is 5.78 Å². The number of carbonyl (C=O) groups excluding carboxylic acids is 1. The Morgan fingerprint density at radius 3 is 2.31 bits per heavy atom. The third-order valence-corrected chi connectivity index (χ3v) is 6.57. The molecular weight excluding hydrogens is 394 g/mol. The van der Waals surface area contributed by atoms with Crippen molar-refractivity contribution in [1.82, 2.24) is 0 Å². The number of carbonyl (C=O) groups is 1. The molecular formula is C28H29N3O. The molecule has 1 aliphatic carbocycles. The van der Waals surface area contributed by atoms with Crippen LogP contribution in [-0.2, 0) is 4.79 Å². The number of rotatable bonds is 3. The first-order valence-electron chi connectivity index (χ1n) is 11.2. The molecule has 0 aromatic heterocycles. The zero-order chi connectivity index (χ0) is 22.2. The predicted octanol–water partition coefficient (Wildman–Crippen LogP) is 6.04. The molecule has 1 heterocycles. The number of hydrogen-bond donors (Lipinski definition) is 2. The Kier molecular flexibility index (Phi) is 5.22. The van der Waals surface area contributed by atoms with Crippen molar-refractivity contribution in [2.24, 2.45) is 0 Å². The summed E-state index contributed by atoms with van der Waals surface area (Å²) in [4.78, 5) is 15.7. The highest BCUT2D eigenvalue weighted by Gasteiger charge is 2.36. The standard InChI is InChI=1S/C28H29N3O/c1-18-7-6-8-20(15-18)28-27-25(29-23-9-4-5-10-24(23)30-28)16-21(17-26(27)32)19-11-13-22(14-12-19)31(2)3/h4-15,21,28-30H,16-17H2,1-3H3. The molecule has 0 saturated heterocycles. The molecule has 0 saturated carbocycles. The summed E-state index contributed by atoms with van der Waals surface area (Å²) in [6.45, 7) is 2.10. The van der Waals surface area contributed by atoms with Crippen LogP contribution in [0.1, 0.15) is 41.5 Å². The predicted molar refractivity (Wildman–Crippen MR) is 132 cm³/mol. The van der Waals surface area contributed by atoms with Crippen LogP contribution in [0.3, 0.4) is 0 Å². The second kappa shape index (κ2) is 8.19. The van der Waals surface area contributed by atoms with E-state index in [9.17, 15) is 4.79 Å². The Hall–Kier alpha value is -3.53. The summed E-state index contributed by atoms with van der Waals surface area (Å²) < 4.78 is 0. The molecule has 0 amide bonds. The Balaban J connectivity index is 1.56. The number of nitrogens with zero attached hydrogens (tertiary/aromatic N) is 1. The van der Waals surface area contributed by atoms with Gasteiger partial charge in [0.1, 0.15) is 0 Å². The number of hydrogen-bond acceptors (Lipinski definition) is 4. The maximum atomic E-state index is 13.6. The number of Topliss-reactive ketones (excluding diaryl/α,β-unsaturated/α-hetero) is 1. The van der Waals surface area contributed by atoms with Crippen LogP contribution in [0.25, 0.3) is 0 Å². The van der Waals surface area contributed by atoms with Crippen LogP contribution in [0.4, 0.5) is 17.1 Å². The fourth-order valence-electron chi connectivity index (χ4n) is 4.87. The van der Waals surface area contributed by atoms with Gasteiger partial charge in [-0.15, -0.1) is 0 Å². The molecule has 0 radical (unpaired) electrons. The third-order valence-electron chi connectivity index (χ3n) is 6.57. The fraction of sp³-hybridized carbons (Fsp3) is 0.250. The monoisotopic (exact) mass is 423 g/mol. The Morgan fingerprint density at radius 1 is 0.844 bits per heavy atom. The first-order valence-corrected chi connectivity index (χ1v) is 11.2. The Bertz CT molecular complexity index is 1190. The number of benzene rings is 3. The summed E-state index contributed by atoms with van der Waals surface area (Å²) in [6, 6.07) is 25.1. The minimum Gasteiger partial charge on any atom is -0.378 e. The molecule has 2 unspecified atom stereocenters. The van der Waals surface area contributed by atoms with Gasteiger partial charge in [-0.1, -0.05) is 54.1 Å². The average Bonchev–Trinajstić information content (AvgIpc) is 2.96. The molecule has 3 aromatic rings. The van der Waals surface area contributed by atoms with E-state index in [4.69, 9.17) is 0 Å². The van der Waals surface area contributed by atoms with Gasteiger partial charge in [0.25, 0.3) is 0 Å². The number of nitrogens with one attached hydrogen (secondary N) is 2. The Labute approximate surface area is 190 Å². The molecule has 0 bridgehead atoms. The van der Waals surface area contributed by atoms with Gasteiger partial charge in [0.2, 0.25) is 0 Å². The molecule has 1 aliphatic heterocycles. The lowest BCUT2D eigenvalue weighted by molar-refractivity contribution is -0.116. The van der Waals surface area contributed by atoms with Crippen LogP contribution in [0.5, 0.6) is 0 Å². The van der Waals surface area contributed by atoms with Crippen molar-refractivity contribution in [2.45, 2.75) is 31.7 Å². The van der Waals surface area contributed by atoms with Gasteiger partial charge in [-0.25, -0.2) is 0 Å². The van der Waals surface area contributed by atoms with Crippen molar-refractivity contribution in [3.05, 3.63) is 101 Å². The Morgan fingerprint density at radius 2 is 1.59 bits per heavy atom. The SMILES string of the molecule is Cc1cccc(C2Nc3ccccc3NC3=C2C(=O)CC(c2ccc(N(C)C)cc2)C3)c1. The molecule has 4 heteroatoms. The number of para-hydroxylation sites is 2. The van der Waals surface area contributed by atoms with Gasteiger partial charge in [-0.2, -0.15) is 0 Å². The summed E-state index contributed by atoms with van der Waals surface area (Å²) >= 11 is 0. The molecule has 2 aliphatic rings. The number of fused-ring (bicyclic) bond motifs is 1.